The van der Waals surface area contributed by atoms with E-state index in [9.17, 15) is 9.59 Å². The average Bonchev–Trinajstić information content (AvgIpc) is 3.16. The van der Waals surface area contributed by atoms with E-state index in [-0.39, 0.29) is 5.78 Å². The van der Waals surface area contributed by atoms with E-state index in [1.54, 1.807) is 42.5 Å². The number of benzene rings is 1. The molecular formula is C17H13NO3S2. The smallest absolute Gasteiger partial charge is 0.355 e. The van der Waals surface area contributed by atoms with Gasteiger partial charge in [-0.25, -0.2) is 9.78 Å². The summed E-state index contributed by atoms with van der Waals surface area (Å²) in [5, 5.41) is 4.77. The Balaban J connectivity index is 1.79. The Morgan fingerprint density at radius 3 is 2.48 bits per heavy atom. The molecule has 0 spiro atoms. The Bertz CT molecular complexity index is 849. The van der Waals surface area contributed by atoms with Gasteiger partial charge in [-0.15, -0.1) is 11.3 Å². The van der Waals surface area contributed by atoms with Gasteiger partial charge in [-0.05, 0) is 49.6 Å². The van der Waals surface area contributed by atoms with Crippen molar-refractivity contribution in [2.24, 2.45) is 0 Å². The lowest BCUT2D eigenvalue weighted by Gasteiger charge is -2.03. The van der Waals surface area contributed by atoms with Gasteiger partial charge in [-0.2, -0.15) is 11.3 Å². The molecule has 23 heavy (non-hydrogen) atoms. The number of carbonyl (C=O) groups excluding carboxylic acids is 2. The predicted molar refractivity (Wildman–Crippen MR) is 91.6 cm³/mol. The van der Waals surface area contributed by atoms with E-state index in [1.807, 2.05) is 16.8 Å². The second-order valence-electron chi connectivity index (χ2n) is 4.92. The Morgan fingerprint density at radius 1 is 1.13 bits per heavy atom. The van der Waals surface area contributed by atoms with E-state index in [2.05, 4.69) is 4.98 Å². The Hall–Kier alpha value is -2.31. The summed E-state index contributed by atoms with van der Waals surface area (Å²) in [6.07, 6.45) is 0. The number of esters is 1. The molecule has 0 aliphatic heterocycles. The highest BCUT2D eigenvalue weighted by molar-refractivity contribution is 7.17. The third-order valence-electron chi connectivity index (χ3n) is 3.22. The molecule has 0 N–H and O–H groups in total. The number of aryl methyl sites for hydroxylation is 1. The van der Waals surface area contributed by atoms with Crippen LogP contribution in [0.15, 0.2) is 41.1 Å². The zero-order valence-corrected chi connectivity index (χ0v) is 14.2. The molecule has 0 saturated heterocycles. The van der Waals surface area contributed by atoms with Crippen LogP contribution in [0.1, 0.15) is 32.6 Å². The van der Waals surface area contributed by atoms with Crippen LogP contribution in [0.2, 0.25) is 0 Å². The monoisotopic (exact) mass is 343 g/mol. The molecule has 0 fully saturated rings. The van der Waals surface area contributed by atoms with Gasteiger partial charge in [0.1, 0.15) is 15.6 Å². The second-order valence-corrected chi connectivity index (χ2v) is 6.69. The van der Waals surface area contributed by atoms with Crippen molar-refractivity contribution in [1.29, 1.82) is 0 Å². The third kappa shape index (κ3) is 3.38. The normalized spacial score (nSPS) is 10.5. The standard InChI is InChI=1S/C17H13NO3S2/c1-10-15(23-16(18-10)13-7-8-22-9-13)17(20)21-14-5-3-12(4-6-14)11(2)19/h3-9H,1-2H3. The van der Waals surface area contributed by atoms with E-state index >= 15 is 0 Å². The van der Waals surface area contributed by atoms with Crippen LogP contribution in [0.25, 0.3) is 10.6 Å². The minimum absolute atomic E-state index is 0.0263. The highest BCUT2D eigenvalue weighted by Crippen LogP contribution is 2.30. The maximum atomic E-state index is 12.3. The molecule has 116 valence electrons. The molecule has 3 rings (SSSR count). The van der Waals surface area contributed by atoms with Gasteiger partial charge in [0.25, 0.3) is 0 Å². The molecule has 0 amide bonds. The summed E-state index contributed by atoms with van der Waals surface area (Å²) in [5.41, 5.74) is 2.24. The van der Waals surface area contributed by atoms with Crippen LogP contribution in [0.3, 0.4) is 0 Å². The van der Waals surface area contributed by atoms with Crippen LogP contribution in [-0.4, -0.2) is 16.7 Å². The molecular weight excluding hydrogens is 330 g/mol. The van der Waals surface area contributed by atoms with Crippen molar-refractivity contribution < 1.29 is 14.3 Å². The first kappa shape index (κ1) is 15.6. The number of ketones is 1. The number of hydrogen-bond donors (Lipinski definition) is 0. The second kappa shape index (κ2) is 6.44. The van der Waals surface area contributed by atoms with Crippen molar-refractivity contribution in [2.45, 2.75) is 13.8 Å². The van der Waals surface area contributed by atoms with Crippen LogP contribution in [-0.2, 0) is 0 Å². The summed E-state index contributed by atoms with van der Waals surface area (Å²) in [4.78, 5) is 28.5. The number of rotatable bonds is 4. The molecule has 0 radical (unpaired) electrons. The average molecular weight is 343 g/mol. The van der Waals surface area contributed by atoms with Gasteiger partial charge in [0.2, 0.25) is 0 Å². The lowest BCUT2D eigenvalue weighted by atomic mass is 10.1. The Kier molecular flexibility index (Phi) is 4.36. The van der Waals surface area contributed by atoms with Crippen molar-refractivity contribution in [3.05, 3.63) is 57.2 Å². The minimum atomic E-state index is -0.433. The first-order chi connectivity index (χ1) is 11.0. The zero-order valence-electron chi connectivity index (χ0n) is 12.5. The number of aromatic nitrogens is 1. The fourth-order valence-corrected chi connectivity index (χ4v) is 3.66. The minimum Gasteiger partial charge on any atom is -0.422 e. The van der Waals surface area contributed by atoms with E-state index < -0.39 is 5.97 Å². The Morgan fingerprint density at radius 2 is 1.87 bits per heavy atom. The lowest BCUT2D eigenvalue weighted by Crippen LogP contribution is -2.08. The molecule has 0 unspecified atom stereocenters. The largest absolute Gasteiger partial charge is 0.422 e. The number of nitrogens with zero attached hydrogens (tertiary/aromatic N) is 1. The summed E-state index contributed by atoms with van der Waals surface area (Å²) in [5.74, 6) is -0.0523. The van der Waals surface area contributed by atoms with Crippen LogP contribution in [0.5, 0.6) is 5.75 Å². The van der Waals surface area contributed by atoms with Crippen LogP contribution in [0.4, 0.5) is 0 Å². The van der Waals surface area contributed by atoms with Gasteiger partial charge in [-0.1, -0.05) is 0 Å². The van der Waals surface area contributed by atoms with Gasteiger partial charge in [0.15, 0.2) is 5.78 Å². The van der Waals surface area contributed by atoms with Crippen molar-refractivity contribution in [3.63, 3.8) is 0 Å². The molecule has 0 aliphatic carbocycles. The zero-order chi connectivity index (χ0) is 16.4. The molecule has 4 nitrogen and oxygen atoms in total. The van der Waals surface area contributed by atoms with E-state index in [0.29, 0.717) is 21.9 Å². The number of carbonyl (C=O) groups is 2. The molecule has 2 aromatic heterocycles. The van der Waals surface area contributed by atoms with Crippen LogP contribution < -0.4 is 4.74 Å². The summed E-state index contributed by atoms with van der Waals surface area (Å²) in [7, 11) is 0. The number of thiophene rings is 1. The van der Waals surface area contributed by atoms with Crippen molar-refractivity contribution in [1.82, 2.24) is 4.98 Å². The molecule has 0 aliphatic rings. The lowest BCUT2D eigenvalue weighted by molar-refractivity contribution is 0.0739. The van der Waals surface area contributed by atoms with Gasteiger partial charge in [-0.3, -0.25) is 4.79 Å². The van der Waals surface area contributed by atoms with Crippen molar-refractivity contribution in [2.75, 3.05) is 0 Å². The van der Waals surface area contributed by atoms with E-state index in [1.165, 1.54) is 18.3 Å². The first-order valence-corrected chi connectivity index (χ1v) is 8.63. The van der Waals surface area contributed by atoms with E-state index in [4.69, 9.17) is 4.74 Å². The third-order valence-corrected chi connectivity index (χ3v) is 5.09. The topological polar surface area (TPSA) is 56.3 Å². The summed E-state index contributed by atoms with van der Waals surface area (Å²) in [6.45, 7) is 3.29. The summed E-state index contributed by atoms with van der Waals surface area (Å²) in [6, 6.07) is 8.48. The first-order valence-electron chi connectivity index (χ1n) is 6.88. The SMILES string of the molecule is CC(=O)c1ccc(OC(=O)c2sc(-c3ccsc3)nc2C)cc1. The van der Waals surface area contributed by atoms with Crippen molar-refractivity contribution in [3.8, 4) is 16.3 Å². The number of ether oxygens (including phenoxy) is 1. The van der Waals surface area contributed by atoms with Gasteiger partial charge >= 0.3 is 5.97 Å². The van der Waals surface area contributed by atoms with Gasteiger partial charge in [0, 0.05) is 16.5 Å². The molecule has 2 heterocycles. The van der Waals surface area contributed by atoms with Crippen LogP contribution >= 0.6 is 22.7 Å². The molecule has 0 saturated carbocycles. The van der Waals surface area contributed by atoms with Crippen LogP contribution in [0, 0.1) is 6.92 Å². The quantitative estimate of drug-likeness (QED) is 0.394. The molecule has 0 bridgehead atoms. The Labute approximate surface area is 141 Å². The molecule has 1 aromatic carbocycles. The highest BCUT2D eigenvalue weighted by Gasteiger charge is 2.18. The fraction of sp³-hybridized carbons (Fsp3) is 0.118. The molecule has 0 atom stereocenters. The predicted octanol–water partition coefficient (Wildman–Crippen LogP) is 4.60. The number of Topliss-reactive ketones (excluding diaryl/α,β-unsaturated/α-hetero) is 1. The number of hydrogen-bond acceptors (Lipinski definition) is 6. The summed E-state index contributed by atoms with van der Waals surface area (Å²) < 4.78 is 5.37. The van der Waals surface area contributed by atoms with Gasteiger partial charge in [0.05, 0.1) is 5.69 Å². The van der Waals surface area contributed by atoms with Gasteiger partial charge < -0.3 is 4.74 Å². The maximum absolute atomic E-state index is 12.3. The maximum Gasteiger partial charge on any atom is 0.355 e. The van der Waals surface area contributed by atoms with E-state index in [0.717, 1.165) is 10.6 Å². The molecule has 3 aromatic rings. The number of thiazole rings is 1. The fourth-order valence-electron chi connectivity index (χ4n) is 2.01. The molecule has 6 heteroatoms. The summed E-state index contributed by atoms with van der Waals surface area (Å²) >= 11 is 2.91. The van der Waals surface area contributed by atoms with Crippen molar-refractivity contribution >= 4 is 34.4 Å². The highest BCUT2D eigenvalue weighted by atomic mass is 32.1.